The van der Waals surface area contributed by atoms with E-state index in [2.05, 4.69) is 5.43 Å². The first-order valence-corrected chi connectivity index (χ1v) is 11.6. The van der Waals surface area contributed by atoms with Gasteiger partial charge in [-0.25, -0.2) is 5.01 Å². The number of nitro benzene ring substituents is 1. The number of allylic oxidation sites excluding steroid dienone is 2. The largest absolute Gasteiger partial charge is 0.368 e. The molecule has 35 heavy (non-hydrogen) atoms. The minimum absolute atomic E-state index is 0.0349. The third-order valence-corrected chi connectivity index (χ3v) is 6.85. The van der Waals surface area contributed by atoms with Gasteiger partial charge in [0, 0.05) is 49.6 Å². The van der Waals surface area contributed by atoms with Crippen molar-refractivity contribution in [2.24, 2.45) is 11.8 Å². The first kappa shape index (κ1) is 22.6. The van der Waals surface area contributed by atoms with E-state index in [4.69, 9.17) is 0 Å². The van der Waals surface area contributed by atoms with E-state index in [0.717, 1.165) is 5.69 Å². The summed E-state index contributed by atoms with van der Waals surface area (Å²) in [6.07, 6.45) is 4.95. The Morgan fingerprint density at radius 2 is 1.60 bits per heavy atom. The van der Waals surface area contributed by atoms with Gasteiger partial charge in [0.1, 0.15) is 0 Å². The molecule has 2 unspecified atom stereocenters. The molecule has 0 saturated carbocycles. The van der Waals surface area contributed by atoms with E-state index in [-0.39, 0.29) is 29.3 Å². The van der Waals surface area contributed by atoms with Gasteiger partial charge in [0.25, 0.3) is 11.6 Å². The highest BCUT2D eigenvalue weighted by atomic mass is 16.6. The summed E-state index contributed by atoms with van der Waals surface area (Å²) >= 11 is 0. The summed E-state index contributed by atoms with van der Waals surface area (Å²) in [5.41, 5.74) is 4.37. The molecular formula is C25H25N5O5. The van der Waals surface area contributed by atoms with Gasteiger partial charge in [0.2, 0.25) is 11.8 Å². The molecule has 5 rings (SSSR count). The third kappa shape index (κ3) is 4.34. The Morgan fingerprint density at radius 1 is 0.914 bits per heavy atom. The lowest BCUT2D eigenvalue weighted by Gasteiger charge is -2.38. The Kier molecular flexibility index (Phi) is 5.94. The summed E-state index contributed by atoms with van der Waals surface area (Å²) in [6, 6.07) is 13.2. The number of hydrogen-bond donors (Lipinski definition) is 1. The van der Waals surface area contributed by atoms with E-state index in [1.807, 2.05) is 23.1 Å². The molecule has 0 bridgehead atoms. The Balaban J connectivity index is 1.27. The topological polar surface area (TPSA) is 116 Å². The van der Waals surface area contributed by atoms with Gasteiger partial charge < -0.3 is 9.80 Å². The van der Waals surface area contributed by atoms with Crippen LogP contribution in [-0.4, -0.2) is 53.7 Å². The summed E-state index contributed by atoms with van der Waals surface area (Å²) in [4.78, 5) is 53.2. The van der Waals surface area contributed by atoms with Crippen LogP contribution in [-0.2, 0) is 9.59 Å². The van der Waals surface area contributed by atoms with Crippen LogP contribution < -0.4 is 15.3 Å². The first-order chi connectivity index (χ1) is 16.9. The highest BCUT2D eigenvalue weighted by Gasteiger charge is 2.42. The zero-order valence-electron chi connectivity index (χ0n) is 19.0. The zero-order chi connectivity index (χ0) is 24.5. The predicted molar refractivity (Wildman–Crippen MR) is 129 cm³/mol. The summed E-state index contributed by atoms with van der Waals surface area (Å²) in [5.74, 6) is -1.27. The van der Waals surface area contributed by atoms with Crippen LogP contribution >= 0.6 is 0 Å². The second kappa shape index (κ2) is 9.21. The maximum Gasteiger partial charge on any atom is 0.271 e. The highest BCUT2D eigenvalue weighted by molar-refractivity contribution is 6.05. The van der Waals surface area contributed by atoms with Gasteiger partial charge in [-0.3, -0.25) is 29.9 Å². The molecule has 0 aromatic heterocycles. The molecule has 2 fully saturated rings. The normalized spacial score (nSPS) is 22.0. The Hall–Kier alpha value is -4.21. The maximum absolute atomic E-state index is 13.2. The Morgan fingerprint density at radius 3 is 2.34 bits per heavy atom. The lowest BCUT2D eigenvalue weighted by molar-refractivity contribution is -0.384. The molecule has 2 aliphatic heterocycles. The number of amides is 3. The summed E-state index contributed by atoms with van der Waals surface area (Å²) in [7, 11) is 0. The van der Waals surface area contributed by atoms with Crippen molar-refractivity contribution in [3.05, 3.63) is 76.4 Å². The van der Waals surface area contributed by atoms with Crippen molar-refractivity contribution >= 4 is 34.8 Å². The number of rotatable bonds is 4. The molecule has 10 nitrogen and oxygen atoms in total. The smallest absolute Gasteiger partial charge is 0.271 e. The van der Waals surface area contributed by atoms with Crippen LogP contribution in [0.4, 0.5) is 17.1 Å². The third-order valence-electron chi connectivity index (χ3n) is 6.85. The first-order valence-electron chi connectivity index (χ1n) is 11.6. The average Bonchev–Trinajstić information content (AvgIpc) is 2.90. The number of benzene rings is 2. The fourth-order valence-corrected chi connectivity index (χ4v) is 4.91. The van der Waals surface area contributed by atoms with Gasteiger partial charge in [-0.05, 0) is 37.1 Å². The number of nitro groups is 1. The van der Waals surface area contributed by atoms with Gasteiger partial charge >= 0.3 is 0 Å². The van der Waals surface area contributed by atoms with Crippen molar-refractivity contribution in [3.63, 3.8) is 0 Å². The van der Waals surface area contributed by atoms with Crippen LogP contribution in [0.25, 0.3) is 0 Å². The molecule has 3 aliphatic rings. The van der Waals surface area contributed by atoms with Gasteiger partial charge in [-0.15, -0.1) is 0 Å². The number of hydrogen-bond acceptors (Lipinski definition) is 6. The van der Waals surface area contributed by atoms with Crippen molar-refractivity contribution in [2.45, 2.75) is 12.8 Å². The molecule has 180 valence electrons. The van der Waals surface area contributed by atoms with E-state index in [1.165, 1.54) is 17.1 Å². The van der Waals surface area contributed by atoms with Gasteiger partial charge in [-0.2, -0.15) is 0 Å². The Labute approximate surface area is 201 Å². The second-order valence-electron chi connectivity index (χ2n) is 8.91. The minimum atomic E-state index is -0.420. The van der Waals surface area contributed by atoms with E-state index in [9.17, 15) is 24.5 Å². The molecule has 2 saturated heterocycles. The Bertz CT molecular complexity index is 1220. The van der Waals surface area contributed by atoms with E-state index >= 15 is 0 Å². The molecule has 2 aromatic rings. The molecule has 0 spiro atoms. The quantitative estimate of drug-likeness (QED) is 0.413. The van der Waals surface area contributed by atoms with Crippen LogP contribution in [0, 0.1) is 22.0 Å². The zero-order valence-corrected chi connectivity index (χ0v) is 19.0. The fourth-order valence-electron chi connectivity index (χ4n) is 4.91. The minimum Gasteiger partial charge on any atom is -0.368 e. The number of nitrogens with zero attached hydrogens (tertiary/aromatic N) is 4. The summed E-state index contributed by atoms with van der Waals surface area (Å²) < 4.78 is 0. The molecule has 2 atom stereocenters. The molecule has 10 heteroatoms. The predicted octanol–water partition coefficient (Wildman–Crippen LogP) is 2.52. The van der Waals surface area contributed by atoms with E-state index in [0.29, 0.717) is 50.3 Å². The number of nitrogens with one attached hydrogen (secondary N) is 1. The molecular weight excluding hydrogens is 450 g/mol. The van der Waals surface area contributed by atoms with E-state index in [1.54, 1.807) is 35.2 Å². The van der Waals surface area contributed by atoms with Crippen LogP contribution in [0.3, 0.4) is 0 Å². The average molecular weight is 476 g/mol. The lowest BCUT2D eigenvalue weighted by atomic mass is 9.80. The number of piperazine rings is 1. The van der Waals surface area contributed by atoms with Crippen molar-refractivity contribution in [1.29, 1.82) is 0 Å². The fraction of sp³-hybridized carbons (Fsp3) is 0.320. The van der Waals surface area contributed by atoms with Crippen molar-refractivity contribution in [3.8, 4) is 0 Å². The molecule has 3 amide bonds. The molecule has 0 radical (unpaired) electrons. The van der Waals surface area contributed by atoms with Crippen molar-refractivity contribution in [2.75, 3.05) is 36.1 Å². The number of non-ortho nitro benzene ring substituents is 1. The number of fused-ring (bicyclic) bond motifs is 1. The van der Waals surface area contributed by atoms with Crippen LogP contribution in [0.1, 0.15) is 23.2 Å². The maximum atomic E-state index is 13.2. The van der Waals surface area contributed by atoms with Crippen LogP contribution in [0.5, 0.6) is 0 Å². The monoisotopic (exact) mass is 475 g/mol. The number of carbonyl (C=O) groups excluding carboxylic acids is 3. The van der Waals surface area contributed by atoms with E-state index < -0.39 is 10.8 Å². The molecule has 1 aliphatic carbocycles. The highest BCUT2D eigenvalue weighted by Crippen LogP contribution is 2.32. The van der Waals surface area contributed by atoms with Crippen molar-refractivity contribution < 1.29 is 19.3 Å². The van der Waals surface area contributed by atoms with Gasteiger partial charge in [0.15, 0.2) is 0 Å². The molecule has 2 aromatic carbocycles. The molecule has 2 heterocycles. The lowest BCUT2D eigenvalue weighted by Crippen LogP contribution is -2.59. The van der Waals surface area contributed by atoms with Gasteiger partial charge in [-0.1, -0.05) is 24.3 Å². The standard InChI is InChI=1S/C25H25N5O5/c31-23-21-9-1-2-10-22(21)25(33)29(26-23)19-7-3-5-17(15-19)24(32)28-13-11-27(12-14-28)18-6-4-8-20(16-18)30(34)35/h1-8,15-16,21-22H,9-14H2,(H,26,31). The second-order valence-corrected chi connectivity index (χ2v) is 8.91. The number of anilines is 2. The van der Waals surface area contributed by atoms with Crippen molar-refractivity contribution in [1.82, 2.24) is 10.3 Å². The summed E-state index contributed by atoms with van der Waals surface area (Å²) in [6.45, 7) is 2.01. The SMILES string of the molecule is O=C1NN(c2cccc(C(=O)N3CCN(c4cccc([N+](=O)[O-])c4)CC3)c2)C(=O)C2CC=CCC12. The van der Waals surface area contributed by atoms with Crippen LogP contribution in [0.2, 0.25) is 0 Å². The van der Waals surface area contributed by atoms with Crippen LogP contribution in [0.15, 0.2) is 60.7 Å². The molecule has 1 N–H and O–H groups in total. The summed E-state index contributed by atoms with van der Waals surface area (Å²) in [5, 5.41) is 12.3. The number of carbonyl (C=O) groups is 3. The number of hydrazine groups is 1. The van der Waals surface area contributed by atoms with Gasteiger partial charge in [0.05, 0.1) is 22.4 Å².